The van der Waals surface area contributed by atoms with E-state index in [4.69, 9.17) is 4.74 Å². The van der Waals surface area contributed by atoms with E-state index in [0.717, 1.165) is 36.8 Å². The van der Waals surface area contributed by atoms with Crippen LogP contribution < -0.4 is 10.2 Å². The van der Waals surface area contributed by atoms with Crippen molar-refractivity contribution in [3.8, 4) is 11.5 Å². The molecule has 0 spiro atoms. The number of carbonyl (C=O) groups is 1. The summed E-state index contributed by atoms with van der Waals surface area (Å²) >= 11 is 7.13. The fraction of sp³-hybridized carbons (Fsp3) is 0.355. The minimum absolute atomic E-state index is 0.176. The van der Waals surface area contributed by atoms with Crippen molar-refractivity contribution in [2.45, 2.75) is 71.8 Å². The van der Waals surface area contributed by atoms with E-state index < -0.39 is 0 Å². The second-order valence-corrected chi connectivity index (χ2v) is 13.1. The molecule has 0 saturated carbocycles. The monoisotopic (exact) mass is 642 g/mol. The molecule has 7 heteroatoms. The molecule has 0 fully saturated rings. The smallest absolute Gasteiger partial charge is 0.240 e. The molecule has 3 rings (SSSR count). The fourth-order valence-electron chi connectivity index (χ4n) is 4.00. The van der Waals surface area contributed by atoms with Gasteiger partial charge >= 0.3 is 0 Å². The molecule has 0 aliphatic rings. The Morgan fingerprint density at radius 3 is 2.00 bits per heavy atom. The average molecular weight is 644 g/mol. The SMILES string of the molecule is CC(C)(C)c1cc(CCC(=O)N/N=C\c2cc(Br)c(OCc3ccccc3)c(Br)c2)cc(C(C)(C)C)c1O. The van der Waals surface area contributed by atoms with Gasteiger partial charge in [-0.25, -0.2) is 5.43 Å². The molecule has 0 aliphatic carbocycles. The Morgan fingerprint density at radius 2 is 1.47 bits per heavy atom. The lowest BCUT2D eigenvalue weighted by molar-refractivity contribution is -0.121. The summed E-state index contributed by atoms with van der Waals surface area (Å²) in [6.45, 7) is 12.9. The molecule has 0 bridgehead atoms. The molecular weight excluding hydrogens is 608 g/mol. The van der Waals surface area contributed by atoms with Crippen LogP contribution in [-0.4, -0.2) is 17.2 Å². The summed E-state index contributed by atoms with van der Waals surface area (Å²) in [5, 5.41) is 15.1. The van der Waals surface area contributed by atoms with Gasteiger partial charge in [0.25, 0.3) is 0 Å². The second-order valence-electron chi connectivity index (χ2n) is 11.4. The number of ether oxygens (including phenoxy) is 1. The molecule has 3 aromatic carbocycles. The predicted octanol–water partition coefficient (Wildman–Crippen LogP) is 8.17. The summed E-state index contributed by atoms with van der Waals surface area (Å²) < 4.78 is 7.54. The van der Waals surface area contributed by atoms with Crippen LogP contribution in [0.25, 0.3) is 0 Å². The summed E-state index contributed by atoms with van der Waals surface area (Å²) in [6.07, 6.45) is 2.44. The number of hydrazone groups is 1. The summed E-state index contributed by atoms with van der Waals surface area (Å²) in [6, 6.07) is 17.8. The van der Waals surface area contributed by atoms with Crippen LogP contribution in [-0.2, 0) is 28.7 Å². The van der Waals surface area contributed by atoms with Crippen LogP contribution in [0.3, 0.4) is 0 Å². The van der Waals surface area contributed by atoms with Gasteiger partial charge in [0.15, 0.2) is 0 Å². The molecule has 0 aromatic heterocycles. The van der Waals surface area contributed by atoms with Crippen molar-refractivity contribution >= 4 is 44.0 Å². The zero-order valence-corrected chi connectivity index (χ0v) is 26.0. The number of benzene rings is 3. The van der Waals surface area contributed by atoms with E-state index in [2.05, 4.69) is 83.9 Å². The standard InChI is InChI=1S/C31H36Br2N2O3/c1-30(2,3)23-14-21(15-24(28(23)37)31(4,5)6)12-13-27(36)35-34-18-22-16-25(32)29(26(33)17-22)38-19-20-10-8-7-9-11-20/h7-11,14-18,37H,12-13,19H2,1-6H3,(H,35,36)/b34-18-. The Hall–Kier alpha value is -2.64. The van der Waals surface area contributed by atoms with E-state index in [1.165, 1.54) is 0 Å². The lowest BCUT2D eigenvalue weighted by Crippen LogP contribution is -2.20. The molecule has 202 valence electrons. The molecule has 0 aliphatic heterocycles. The van der Waals surface area contributed by atoms with Crippen LogP contribution in [0, 0.1) is 0 Å². The van der Waals surface area contributed by atoms with Gasteiger partial charge in [-0.05, 0) is 89.1 Å². The quantitative estimate of drug-likeness (QED) is 0.192. The molecule has 0 atom stereocenters. The molecule has 3 aromatic rings. The van der Waals surface area contributed by atoms with Gasteiger partial charge in [-0.2, -0.15) is 5.10 Å². The maximum absolute atomic E-state index is 12.5. The second kappa shape index (κ2) is 12.5. The van der Waals surface area contributed by atoms with Gasteiger partial charge in [-0.3, -0.25) is 4.79 Å². The molecule has 5 nitrogen and oxygen atoms in total. The normalized spacial score (nSPS) is 12.1. The van der Waals surface area contributed by atoms with Crippen molar-refractivity contribution in [3.05, 3.63) is 91.4 Å². The van der Waals surface area contributed by atoms with Crippen LogP contribution in [0.15, 0.2) is 68.6 Å². The highest BCUT2D eigenvalue weighted by atomic mass is 79.9. The van der Waals surface area contributed by atoms with E-state index in [-0.39, 0.29) is 23.2 Å². The average Bonchev–Trinajstić information content (AvgIpc) is 2.82. The van der Waals surface area contributed by atoms with Crippen LogP contribution in [0.2, 0.25) is 0 Å². The number of nitrogens with one attached hydrogen (secondary N) is 1. The van der Waals surface area contributed by atoms with Gasteiger partial charge in [0.2, 0.25) is 5.91 Å². The first-order valence-electron chi connectivity index (χ1n) is 12.6. The third-order valence-electron chi connectivity index (χ3n) is 6.08. The number of hydrogen-bond donors (Lipinski definition) is 2. The van der Waals surface area contributed by atoms with Crippen molar-refractivity contribution in [3.63, 3.8) is 0 Å². The zero-order chi connectivity index (χ0) is 28.1. The molecule has 38 heavy (non-hydrogen) atoms. The van der Waals surface area contributed by atoms with Crippen molar-refractivity contribution in [1.29, 1.82) is 0 Å². The highest BCUT2D eigenvalue weighted by molar-refractivity contribution is 9.11. The van der Waals surface area contributed by atoms with E-state index in [1.807, 2.05) is 54.6 Å². The fourth-order valence-corrected chi connectivity index (χ4v) is 5.45. The first-order chi connectivity index (χ1) is 17.8. The van der Waals surface area contributed by atoms with Crippen molar-refractivity contribution in [1.82, 2.24) is 5.43 Å². The summed E-state index contributed by atoms with van der Waals surface area (Å²) in [7, 11) is 0. The summed E-state index contributed by atoms with van der Waals surface area (Å²) in [5.74, 6) is 0.870. The van der Waals surface area contributed by atoms with Crippen molar-refractivity contribution in [2.24, 2.45) is 5.10 Å². The van der Waals surface area contributed by atoms with E-state index in [0.29, 0.717) is 24.5 Å². The number of phenolic OH excluding ortho intramolecular Hbond substituents is 1. The van der Waals surface area contributed by atoms with Gasteiger partial charge in [-0.15, -0.1) is 0 Å². The van der Waals surface area contributed by atoms with Gasteiger partial charge in [0, 0.05) is 6.42 Å². The highest BCUT2D eigenvalue weighted by Gasteiger charge is 2.26. The van der Waals surface area contributed by atoms with Crippen LogP contribution in [0.4, 0.5) is 0 Å². The zero-order valence-electron chi connectivity index (χ0n) is 22.9. The first-order valence-corrected chi connectivity index (χ1v) is 14.2. The van der Waals surface area contributed by atoms with E-state index >= 15 is 0 Å². The topological polar surface area (TPSA) is 70.9 Å². The van der Waals surface area contributed by atoms with Gasteiger partial charge in [-0.1, -0.05) is 84.0 Å². The minimum atomic E-state index is -0.211. The Labute approximate surface area is 243 Å². The molecule has 0 radical (unpaired) electrons. The number of rotatable bonds is 8. The molecule has 1 amide bonds. The highest BCUT2D eigenvalue weighted by Crippen LogP contribution is 2.40. The van der Waals surface area contributed by atoms with Crippen LogP contribution in [0.5, 0.6) is 11.5 Å². The number of nitrogens with zero attached hydrogens (tertiary/aromatic N) is 1. The maximum atomic E-state index is 12.5. The Bertz CT molecular complexity index is 1250. The Kier molecular flexibility index (Phi) is 9.82. The lowest BCUT2D eigenvalue weighted by atomic mass is 9.78. The Balaban J connectivity index is 1.62. The van der Waals surface area contributed by atoms with Gasteiger partial charge < -0.3 is 9.84 Å². The van der Waals surface area contributed by atoms with Crippen molar-refractivity contribution < 1.29 is 14.6 Å². The lowest BCUT2D eigenvalue weighted by Gasteiger charge is -2.28. The molecule has 0 saturated heterocycles. The number of hydrogen-bond acceptors (Lipinski definition) is 4. The summed E-state index contributed by atoms with van der Waals surface area (Å²) in [4.78, 5) is 12.5. The molecular formula is C31H36Br2N2O3. The number of carbonyl (C=O) groups excluding carboxylic acids is 1. The number of aryl methyl sites for hydroxylation is 1. The third kappa shape index (κ3) is 8.18. The third-order valence-corrected chi connectivity index (χ3v) is 7.25. The summed E-state index contributed by atoms with van der Waals surface area (Å²) in [5.41, 5.74) is 6.90. The van der Waals surface area contributed by atoms with Crippen LogP contribution in [0.1, 0.15) is 75.8 Å². The largest absolute Gasteiger partial charge is 0.507 e. The minimum Gasteiger partial charge on any atom is -0.507 e. The number of halogens is 2. The van der Waals surface area contributed by atoms with Gasteiger partial charge in [0.1, 0.15) is 18.1 Å². The molecule has 0 unspecified atom stereocenters. The van der Waals surface area contributed by atoms with Gasteiger partial charge in [0.05, 0.1) is 15.2 Å². The van der Waals surface area contributed by atoms with E-state index in [9.17, 15) is 9.90 Å². The number of amides is 1. The molecule has 2 N–H and O–H groups in total. The number of phenols is 1. The van der Waals surface area contributed by atoms with Crippen LogP contribution >= 0.6 is 31.9 Å². The van der Waals surface area contributed by atoms with E-state index in [1.54, 1.807) is 6.21 Å². The maximum Gasteiger partial charge on any atom is 0.240 e. The molecule has 0 heterocycles. The first kappa shape index (κ1) is 29.9. The Morgan fingerprint density at radius 1 is 0.921 bits per heavy atom. The van der Waals surface area contributed by atoms with Crippen molar-refractivity contribution in [2.75, 3.05) is 0 Å². The number of aromatic hydroxyl groups is 1. The predicted molar refractivity (Wildman–Crippen MR) is 162 cm³/mol.